The third-order valence-corrected chi connectivity index (χ3v) is 2.23. The first-order valence-electron chi connectivity index (χ1n) is 4.19. The maximum Gasteiger partial charge on any atom is 0.148 e. The third kappa shape index (κ3) is 2.76. The Hall–Kier alpha value is -0.980. The minimum Gasteiger partial charge on any atom is -0.481 e. The number of benzene rings is 1. The minimum atomic E-state index is -0.569. The Morgan fingerprint density at radius 2 is 2.36 bits per heavy atom. The molecule has 0 aliphatic heterocycles. The number of aliphatic hydroxyl groups excluding tert-OH is 1. The van der Waals surface area contributed by atoms with E-state index in [0.29, 0.717) is 5.75 Å². The molecule has 74 valence electrons. The Labute approximate surface area is 92.0 Å². The molecule has 0 saturated heterocycles. The van der Waals surface area contributed by atoms with E-state index in [1.54, 1.807) is 13.0 Å². The van der Waals surface area contributed by atoms with E-state index in [1.807, 2.05) is 12.1 Å². The summed E-state index contributed by atoms with van der Waals surface area (Å²) in [6.45, 7) is 1.89. The SMILES string of the molecule is C#CCOc1ccc(Br)cc1C(C)O. The van der Waals surface area contributed by atoms with Crippen LogP contribution >= 0.6 is 15.9 Å². The Balaban J connectivity index is 2.97. The normalized spacial score (nSPS) is 11.9. The number of ether oxygens (including phenoxy) is 1. The van der Waals surface area contributed by atoms with Gasteiger partial charge in [-0.1, -0.05) is 21.9 Å². The topological polar surface area (TPSA) is 29.5 Å². The largest absolute Gasteiger partial charge is 0.481 e. The molecule has 0 saturated carbocycles. The summed E-state index contributed by atoms with van der Waals surface area (Å²) < 4.78 is 6.19. The van der Waals surface area contributed by atoms with Gasteiger partial charge in [-0.25, -0.2) is 0 Å². The zero-order valence-electron chi connectivity index (χ0n) is 7.83. The molecule has 2 nitrogen and oxygen atoms in total. The van der Waals surface area contributed by atoms with Crippen molar-refractivity contribution in [2.75, 3.05) is 6.61 Å². The number of aliphatic hydroxyl groups is 1. The van der Waals surface area contributed by atoms with E-state index < -0.39 is 6.10 Å². The van der Waals surface area contributed by atoms with Crippen LogP contribution in [0.1, 0.15) is 18.6 Å². The number of hydrogen-bond acceptors (Lipinski definition) is 2. The van der Waals surface area contributed by atoms with Gasteiger partial charge in [0.25, 0.3) is 0 Å². The summed E-state index contributed by atoms with van der Waals surface area (Å²) >= 11 is 3.33. The van der Waals surface area contributed by atoms with Crippen LogP contribution in [0, 0.1) is 12.3 Å². The van der Waals surface area contributed by atoms with E-state index in [4.69, 9.17) is 11.2 Å². The van der Waals surface area contributed by atoms with Crippen LogP contribution < -0.4 is 4.74 Å². The molecule has 3 heteroatoms. The van der Waals surface area contributed by atoms with Crippen LogP contribution in [0.5, 0.6) is 5.75 Å². The van der Waals surface area contributed by atoms with Crippen molar-refractivity contribution < 1.29 is 9.84 Å². The van der Waals surface area contributed by atoms with Gasteiger partial charge in [-0.15, -0.1) is 6.42 Å². The summed E-state index contributed by atoms with van der Waals surface area (Å²) in [5.74, 6) is 3.01. The van der Waals surface area contributed by atoms with Gasteiger partial charge in [0, 0.05) is 10.0 Å². The zero-order valence-corrected chi connectivity index (χ0v) is 9.41. The number of halogens is 1. The highest BCUT2D eigenvalue weighted by atomic mass is 79.9. The predicted octanol–water partition coefficient (Wildman–Crippen LogP) is 2.51. The lowest BCUT2D eigenvalue weighted by atomic mass is 10.1. The number of hydrogen-bond donors (Lipinski definition) is 1. The Kier molecular flexibility index (Phi) is 3.99. The molecule has 1 rings (SSSR count). The smallest absolute Gasteiger partial charge is 0.148 e. The molecule has 0 fully saturated rings. The quantitative estimate of drug-likeness (QED) is 0.841. The van der Waals surface area contributed by atoms with Gasteiger partial charge in [0.2, 0.25) is 0 Å². The van der Waals surface area contributed by atoms with E-state index in [1.165, 1.54) is 0 Å². The minimum absolute atomic E-state index is 0.210. The van der Waals surface area contributed by atoms with Gasteiger partial charge in [0.15, 0.2) is 0 Å². The van der Waals surface area contributed by atoms with E-state index in [2.05, 4.69) is 21.9 Å². The maximum absolute atomic E-state index is 9.48. The summed E-state index contributed by atoms with van der Waals surface area (Å²) in [6.07, 6.45) is 4.52. The molecule has 0 aromatic heterocycles. The molecule has 0 amide bonds. The molecule has 1 atom stereocenters. The van der Waals surface area contributed by atoms with E-state index in [-0.39, 0.29) is 6.61 Å². The second kappa shape index (κ2) is 5.04. The third-order valence-electron chi connectivity index (χ3n) is 1.73. The lowest BCUT2D eigenvalue weighted by Gasteiger charge is -2.12. The fourth-order valence-electron chi connectivity index (χ4n) is 1.10. The first-order valence-corrected chi connectivity index (χ1v) is 4.98. The van der Waals surface area contributed by atoms with Crippen LogP contribution in [0.2, 0.25) is 0 Å². The summed E-state index contributed by atoms with van der Waals surface area (Å²) in [6, 6.07) is 5.44. The van der Waals surface area contributed by atoms with Gasteiger partial charge in [-0.2, -0.15) is 0 Å². The van der Waals surface area contributed by atoms with Gasteiger partial charge in [-0.3, -0.25) is 0 Å². The molecule has 0 heterocycles. The van der Waals surface area contributed by atoms with Crippen molar-refractivity contribution in [1.29, 1.82) is 0 Å². The van der Waals surface area contributed by atoms with Crippen molar-refractivity contribution in [2.45, 2.75) is 13.0 Å². The molecule has 0 aliphatic carbocycles. The molecule has 1 aromatic rings. The van der Waals surface area contributed by atoms with Crippen LogP contribution in [0.4, 0.5) is 0 Å². The zero-order chi connectivity index (χ0) is 10.6. The van der Waals surface area contributed by atoms with Gasteiger partial charge < -0.3 is 9.84 Å². The van der Waals surface area contributed by atoms with Crippen LogP contribution in [0.15, 0.2) is 22.7 Å². The van der Waals surface area contributed by atoms with Crippen molar-refractivity contribution in [2.24, 2.45) is 0 Å². The number of terminal acetylenes is 1. The predicted molar refractivity (Wildman–Crippen MR) is 59.1 cm³/mol. The van der Waals surface area contributed by atoms with Crippen molar-refractivity contribution >= 4 is 15.9 Å². The van der Waals surface area contributed by atoms with Gasteiger partial charge in [0.05, 0.1) is 6.10 Å². The molecule has 1 N–H and O–H groups in total. The molecule has 14 heavy (non-hydrogen) atoms. The molecular weight excluding hydrogens is 244 g/mol. The fourth-order valence-corrected chi connectivity index (χ4v) is 1.48. The maximum atomic E-state index is 9.48. The fraction of sp³-hybridized carbons (Fsp3) is 0.273. The first-order chi connectivity index (χ1) is 6.65. The monoisotopic (exact) mass is 254 g/mol. The van der Waals surface area contributed by atoms with E-state index >= 15 is 0 Å². The lowest BCUT2D eigenvalue weighted by molar-refractivity contribution is 0.193. The van der Waals surface area contributed by atoms with Gasteiger partial charge in [0.1, 0.15) is 12.4 Å². The summed E-state index contributed by atoms with van der Waals surface area (Å²) in [5, 5.41) is 9.48. The number of rotatable bonds is 3. The standard InChI is InChI=1S/C11H11BrO2/c1-3-6-14-11-5-4-9(12)7-10(11)8(2)13/h1,4-5,7-8,13H,6H2,2H3. The average Bonchev–Trinajstić information content (AvgIpc) is 2.15. The van der Waals surface area contributed by atoms with Crippen LogP contribution in [-0.4, -0.2) is 11.7 Å². The van der Waals surface area contributed by atoms with E-state index in [9.17, 15) is 5.11 Å². The second-order valence-electron chi connectivity index (χ2n) is 2.85. The Morgan fingerprint density at radius 1 is 1.64 bits per heavy atom. The molecular formula is C11H11BrO2. The second-order valence-corrected chi connectivity index (χ2v) is 3.77. The van der Waals surface area contributed by atoms with Crippen LogP contribution in [-0.2, 0) is 0 Å². The van der Waals surface area contributed by atoms with Gasteiger partial charge >= 0.3 is 0 Å². The highest BCUT2D eigenvalue weighted by Crippen LogP contribution is 2.28. The highest BCUT2D eigenvalue weighted by molar-refractivity contribution is 9.10. The molecule has 0 spiro atoms. The summed E-state index contributed by atoms with van der Waals surface area (Å²) in [5.41, 5.74) is 0.731. The highest BCUT2D eigenvalue weighted by Gasteiger charge is 2.09. The molecule has 0 radical (unpaired) electrons. The van der Waals surface area contributed by atoms with E-state index in [0.717, 1.165) is 10.0 Å². The Bertz CT molecular complexity index is 353. The average molecular weight is 255 g/mol. The van der Waals surface area contributed by atoms with Gasteiger partial charge in [-0.05, 0) is 25.1 Å². The van der Waals surface area contributed by atoms with Crippen molar-refractivity contribution in [3.8, 4) is 18.1 Å². The van der Waals surface area contributed by atoms with Crippen molar-refractivity contribution in [1.82, 2.24) is 0 Å². The first kappa shape index (κ1) is 11.1. The summed E-state index contributed by atoms with van der Waals surface area (Å²) in [7, 11) is 0. The molecule has 1 unspecified atom stereocenters. The van der Waals surface area contributed by atoms with Crippen LogP contribution in [0.25, 0.3) is 0 Å². The summed E-state index contributed by atoms with van der Waals surface area (Å²) in [4.78, 5) is 0. The molecule has 1 aromatic carbocycles. The molecule has 0 aliphatic rings. The van der Waals surface area contributed by atoms with Crippen molar-refractivity contribution in [3.05, 3.63) is 28.2 Å². The van der Waals surface area contributed by atoms with Crippen molar-refractivity contribution in [3.63, 3.8) is 0 Å². The Morgan fingerprint density at radius 3 is 2.93 bits per heavy atom. The molecule has 0 bridgehead atoms. The lowest BCUT2D eigenvalue weighted by Crippen LogP contribution is -2.00. The van der Waals surface area contributed by atoms with Crippen LogP contribution in [0.3, 0.4) is 0 Å².